The second kappa shape index (κ2) is 5.36. The second-order valence-electron chi connectivity index (χ2n) is 3.86. The highest BCUT2D eigenvalue weighted by Gasteiger charge is 2.17. The molecule has 0 bridgehead atoms. The Morgan fingerprint density at radius 3 is 2.22 bits per heavy atom. The number of nitrogens with zero attached hydrogens (tertiary/aromatic N) is 1. The third kappa shape index (κ3) is 2.35. The van der Waals surface area contributed by atoms with E-state index in [1.165, 1.54) is 0 Å². The minimum Gasteiger partial charge on any atom is -0.495 e. The van der Waals surface area contributed by atoms with Crippen LogP contribution in [0.25, 0.3) is 0 Å². The third-order valence-electron chi connectivity index (χ3n) is 2.66. The Kier molecular flexibility index (Phi) is 3.63. The number of hydrogen-bond donors (Lipinski definition) is 0. The summed E-state index contributed by atoms with van der Waals surface area (Å²) in [6, 6.07) is 17.0. The van der Waals surface area contributed by atoms with Gasteiger partial charge in [-0.05, 0) is 24.3 Å². The first-order valence-corrected chi connectivity index (χ1v) is 5.73. The highest BCUT2D eigenvalue weighted by atomic mass is 16.5. The first-order chi connectivity index (χ1) is 8.74. The molecule has 1 amide bonds. The second-order valence-corrected chi connectivity index (χ2v) is 3.86. The molecule has 0 aliphatic carbocycles. The van der Waals surface area contributed by atoms with Gasteiger partial charge in [0, 0.05) is 12.6 Å². The van der Waals surface area contributed by atoms with Crippen molar-refractivity contribution in [1.82, 2.24) is 0 Å². The first kappa shape index (κ1) is 12.2. The van der Waals surface area contributed by atoms with Crippen molar-refractivity contribution in [3.63, 3.8) is 0 Å². The Morgan fingerprint density at radius 2 is 1.61 bits per heavy atom. The van der Waals surface area contributed by atoms with E-state index < -0.39 is 0 Å². The Labute approximate surface area is 107 Å². The largest absolute Gasteiger partial charge is 0.495 e. The molecule has 0 aromatic heterocycles. The molecule has 0 N–H and O–H groups in total. The molecule has 2 aromatic carbocycles. The number of methoxy groups -OCH3 is 1. The SMILES string of the molecule is COc1ccccc1N(C(C)=O)c1ccccc1. The average molecular weight is 241 g/mol. The van der Waals surface area contributed by atoms with Crippen LogP contribution in [0.5, 0.6) is 5.75 Å². The number of hydrogen-bond acceptors (Lipinski definition) is 2. The van der Waals surface area contributed by atoms with E-state index in [0.29, 0.717) is 5.75 Å². The summed E-state index contributed by atoms with van der Waals surface area (Å²) in [5.41, 5.74) is 1.58. The van der Waals surface area contributed by atoms with Crippen LogP contribution >= 0.6 is 0 Å². The van der Waals surface area contributed by atoms with Crippen molar-refractivity contribution >= 4 is 17.3 Å². The average Bonchev–Trinajstić information content (AvgIpc) is 2.40. The minimum atomic E-state index is -0.0503. The van der Waals surface area contributed by atoms with Gasteiger partial charge in [-0.3, -0.25) is 9.69 Å². The van der Waals surface area contributed by atoms with E-state index in [0.717, 1.165) is 11.4 Å². The van der Waals surface area contributed by atoms with Crippen LogP contribution in [0.2, 0.25) is 0 Å². The number of amides is 1. The number of carbonyl (C=O) groups excluding carboxylic acids is 1. The zero-order valence-electron chi connectivity index (χ0n) is 10.5. The molecule has 3 nitrogen and oxygen atoms in total. The van der Waals surface area contributed by atoms with E-state index in [2.05, 4.69) is 0 Å². The van der Waals surface area contributed by atoms with Crippen LogP contribution in [0.4, 0.5) is 11.4 Å². The van der Waals surface area contributed by atoms with Crippen molar-refractivity contribution in [2.24, 2.45) is 0 Å². The predicted molar refractivity (Wildman–Crippen MR) is 72.3 cm³/mol. The van der Waals surface area contributed by atoms with Gasteiger partial charge in [0.1, 0.15) is 5.75 Å². The monoisotopic (exact) mass is 241 g/mol. The summed E-state index contributed by atoms with van der Waals surface area (Å²) in [5.74, 6) is 0.627. The number of ether oxygens (including phenoxy) is 1. The fourth-order valence-corrected chi connectivity index (χ4v) is 1.88. The maximum Gasteiger partial charge on any atom is 0.228 e. The van der Waals surface area contributed by atoms with E-state index in [1.54, 1.807) is 18.9 Å². The van der Waals surface area contributed by atoms with E-state index in [1.807, 2.05) is 54.6 Å². The molecule has 3 heteroatoms. The van der Waals surface area contributed by atoms with Crippen LogP contribution in [0.15, 0.2) is 54.6 Å². The Morgan fingerprint density at radius 1 is 1.00 bits per heavy atom. The van der Waals surface area contributed by atoms with Gasteiger partial charge in [-0.1, -0.05) is 30.3 Å². The lowest BCUT2D eigenvalue weighted by Crippen LogP contribution is -2.23. The third-order valence-corrected chi connectivity index (χ3v) is 2.66. The standard InChI is InChI=1S/C15H15NO2/c1-12(17)16(13-8-4-3-5-9-13)14-10-6-7-11-15(14)18-2/h3-11H,1-2H3. The van der Waals surface area contributed by atoms with Crippen molar-refractivity contribution in [2.75, 3.05) is 12.0 Å². The van der Waals surface area contributed by atoms with Gasteiger partial charge in [0.2, 0.25) is 5.91 Å². The maximum absolute atomic E-state index is 11.9. The molecule has 2 rings (SSSR count). The number of benzene rings is 2. The molecule has 2 aromatic rings. The molecule has 0 fully saturated rings. The Hall–Kier alpha value is -2.29. The van der Waals surface area contributed by atoms with Crippen molar-refractivity contribution in [1.29, 1.82) is 0 Å². The molecule has 0 saturated carbocycles. The molecule has 0 radical (unpaired) electrons. The summed E-state index contributed by atoms with van der Waals surface area (Å²) >= 11 is 0. The zero-order chi connectivity index (χ0) is 13.0. The van der Waals surface area contributed by atoms with Gasteiger partial charge in [-0.15, -0.1) is 0 Å². The normalized spacial score (nSPS) is 9.89. The van der Waals surface area contributed by atoms with Crippen molar-refractivity contribution in [3.05, 3.63) is 54.6 Å². The first-order valence-electron chi connectivity index (χ1n) is 5.73. The molecule has 92 valence electrons. The van der Waals surface area contributed by atoms with Gasteiger partial charge < -0.3 is 4.74 Å². The van der Waals surface area contributed by atoms with E-state index >= 15 is 0 Å². The summed E-state index contributed by atoms with van der Waals surface area (Å²) < 4.78 is 5.30. The summed E-state index contributed by atoms with van der Waals surface area (Å²) in [4.78, 5) is 13.5. The predicted octanol–water partition coefficient (Wildman–Crippen LogP) is 3.38. The lowest BCUT2D eigenvalue weighted by molar-refractivity contribution is -0.115. The zero-order valence-corrected chi connectivity index (χ0v) is 10.5. The molecule has 0 saturated heterocycles. The molecule has 0 aliphatic rings. The fourth-order valence-electron chi connectivity index (χ4n) is 1.88. The van der Waals surface area contributed by atoms with E-state index in [9.17, 15) is 4.79 Å². The molecule has 0 atom stereocenters. The molecular weight excluding hydrogens is 226 g/mol. The summed E-state index contributed by atoms with van der Waals surface area (Å²) in [5, 5.41) is 0. The Bertz CT molecular complexity index is 537. The Balaban J connectivity index is 2.52. The van der Waals surface area contributed by atoms with Gasteiger partial charge in [0.15, 0.2) is 0 Å². The van der Waals surface area contributed by atoms with E-state index in [-0.39, 0.29) is 5.91 Å². The quantitative estimate of drug-likeness (QED) is 0.824. The number of anilines is 2. The summed E-state index contributed by atoms with van der Waals surface area (Å²) in [6.45, 7) is 1.54. The van der Waals surface area contributed by atoms with Crippen LogP contribution < -0.4 is 9.64 Å². The van der Waals surface area contributed by atoms with Gasteiger partial charge in [-0.2, -0.15) is 0 Å². The smallest absolute Gasteiger partial charge is 0.228 e. The van der Waals surface area contributed by atoms with Crippen LogP contribution in [0, 0.1) is 0 Å². The van der Waals surface area contributed by atoms with Crippen molar-refractivity contribution in [3.8, 4) is 5.75 Å². The van der Waals surface area contributed by atoms with Crippen LogP contribution in [-0.2, 0) is 4.79 Å². The van der Waals surface area contributed by atoms with Gasteiger partial charge in [0.05, 0.1) is 12.8 Å². The summed E-state index contributed by atoms with van der Waals surface area (Å²) in [7, 11) is 1.60. The van der Waals surface area contributed by atoms with Crippen molar-refractivity contribution in [2.45, 2.75) is 6.92 Å². The lowest BCUT2D eigenvalue weighted by atomic mass is 10.2. The molecule has 0 spiro atoms. The number of rotatable bonds is 3. The maximum atomic E-state index is 11.9. The van der Waals surface area contributed by atoms with Crippen LogP contribution in [-0.4, -0.2) is 13.0 Å². The minimum absolute atomic E-state index is 0.0503. The highest BCUT2D eigenvalue weighted by Crippen LogP contribution is 2.33. The van der Waals surface area contributed by atoms with Crippen molar-refractivity contribution < 1.29 is 9.53 Å². The molecular formula is C15H15NO2. The lowest BCUT2D eigenvalue weighted by Gasteiger charge is -2.23. The number of carbonyl (C=O) groups is 1. The van der Waals surface area contributed by atoms with Crippen LogP contribution in [0.3, 0.4) is 0 Å². The van der Waals surface area contributed by atoms with Gasteiger partial charge in [0.25, 0.3) is 0 Å². The van der Waals surface area contributed by atoms with Crippen LogP contribution in [0.1, 0.15) is 6.92 Å². The summed E-state index contributed by atoms with van der Waals surface area (Å²) in [6.07, 6.45) is 0. The molecule has 0 unspecified atom stereocenters. The topological polar surface area (TPSA) is 29.5 Å². The van der Waals surface area contributed by atoms with Gasteiger partial charge >= 0.3 is 0 Å². The molecule has 18 heavy (non-hydrogen) atoms. The fraction of sp³-hybridized carbons (Fsp3) is 0.133. The van der Waals surface area contributed by atoms with Gasteiger partial charge in [-0.25, -0.2) is 0 Å². The van der Waals surface area contributed by atoms with E-state index in [4.69, 9.17) is 4.74 Å². The highest BCUT2D eigenvalue weighted by molar-refractivity contribution is 6.00. The molecule has 0 heterocycles. The molecule has 0 aliphatic heterocycles. The number of para-hydroxylation sites is 3.